The lowest BCUT2D eigenvalue weighted by molar-refractivity contribution is 0.0620. The first-order valence-corrected chi connectivity index (χ1v) is 6.60. The quantitative estimate of drug-likeness (QED) is 0.889. The molecule has 1 heterocycles. The molecular weight excluding hydrogens is 224 g/mol. The summed E-state index contributed by atoms with van der Waals surface area (Å²) in [6.45, 7) is 7.28. The van der Waals surface area contributed by atoms with Crippen LogP contribution in [0.25, 0.3) is 0 Å². The Morgan fingerprint density at radius 3 is 2.83 bits per heavy atom. The van der Waals surface area contributed by atoms with Crippen molar-refractivity contribution < 1.29 is 4.79 Å². The van der Waals surface area contributed by atoms with Gasteiger partial charge in [0.05, 0.1) is 0 Å². The molecule has 0 saturated carbocycles. The molecule has 1 aliphatic rings. The van der Waals surface area contributed by atoms with Crippen LogP contribution in [-0.2, 0) is 6.42 Å². The number of anilines is 1. The van der Waals surface area contributed by atoms with Crippen molar-refractivity contribution in [3.8, 4) is 0 Å². The summed E-state index contributed by atoms with van der Waals surface area (Å²) in [6.07, 6.45) is 1.96. The van der Waals surface area contributed by atoms with E-state index in [4.69, 9.17) is 0 Å². The number of hydrogen-bond acceptors (Lipinski definition) is 2. The van der Waals surface area contributed by atoms with E-state index in [-0.39, 0.29) is 11.4 Å². The smallest absolute Gasteiger partial charge is 0.254 e. The van der Waals surface area contributed by atoms with Crippen LogP contribution in [0.15, 0.2) is 18.2 Å². The zero-order valence-electron chi connectivity index (χ0n) is 11.7. The van der Waals surface area contributed by atoms with E-state index < -0.39 is 0 Å². The Morgan fingerprint density at radius 2 is 2.17 bits per heavy atom. The molecule has 0 fully saturated rings. The van der Waals surface area contributed by atoms with Gasteiger partial charge in [0.25, 0.3) is 5.91 Å². The molecule has 0 saturated heterocycles. The van der Waals surface area contributed by atoms with Gasteiger partial charge in [-0.25, -0.2) is 0 Å². The summed E-state index contributed by atoms with van der Waals surface area (Å²) >= 11 is 0. The maximum absolute atomic E-state index is 12.5. The highest BCUT2D eigenvalue weighted by Gasteiger charge is 2.27. The zero-order valence-corrected chi connectivity index (χ0v) is 11.7. The Balaban J connectivity index is 2.24. The predicted octanol–water partition coefficient (Wildman–Crippen LogP) is 2.92. The molecule has 0 aliphatic carbocycles. The van der Waals surface area contributed by atoms with Gasteiger partial charge in [0.2, 0.25) is 0 Å². The van der Waals surface area contributed by atoms with Crippen molar-refractivity contribution in [2.45, 2.75) is 39.2 Å². The molecule has 1 N–H and O–H groups in total. The normalized spacial score (nSPS) is 14.0. The molecule has 1 amide bonds. The minimum absolute atomic E-state index is 0.103. The van der Waals surface area contributed by atoms with E-state index >= 15 is 0 Å². The summed E-state index contributed by atoms with van der Waals surface area (Å²) in [6, 6.07) is 5.96. The monoisotopic (exact) mass is 246 g/mol. The number of fused-ring (bicyclic) bond motifs is 1. The van der Waals surface area contributed by atoms with E-state index in [1.54, 1.807) is 0 Å². The molecule has 2 rings (SSSR count). The Hall–Kier alpha value is -1.51. The van der Waals surface area contributed by atoms with E-state index in [1.165, 1.54) is 11.3 Å². The number of carbonyl (C=O) groups is 1. The minimum atomic E-state index is -0.103. The summed E-state index contributed by atoms with van der Waals surface area (Å²) in [5.41, 5.74) is 3.11. The van der Waals surface area contributed by atoms with Crippen molar-refractivity contribution in [1.82, 2.24) is 4.90 Å². The first-order valence-electron chi connectivity index (χ1n) is 6.60. The van der Waals surface area contributed by atoms with Crippen LogP contribution < -0.4 is 5.32 Å². The average molecular weight is 246 g/mol. The highest BCUT2D eigenvalue weighted by atomic mass is 16.2. The summed E-state index contributed by atoms with van der Waals surface area (Å²) in [4.78, 5) is 14.3. The van der Waals surface area contributed by atoms with Gasteiger partial charge in [-0.2, -0.15) is 0 Å². The number of nitrogens with one attached hydrogen (secondary N) is 1. The van der Waals surface area contributed by atoms with Gasteiger partial charge in [-0.1, -0.05) is 6.92 Å². The summed E-state index contributed by atoms with van der Waals surface area (Å²) < 4.78 is 0. The third kappa shape index (κ3) is 2.22. The number of amides is 1. The van der Waals surface area contributed by atoms with Gasteiger partial charge in [0.15, 0.2) is 0 Å². The minimum Gasteiger partial charge on any atom is -0.384 e. The Morgan fingerprint density at radius 1 is 1.44 bits per heavy atom. The van der Waals surface area contributed by atoms with Crippen LogP contribution in [0.3, 0.4) is 0 Å². The Labute approximate surface area is 109 Å². The van der Waals surface area contributed by atoms with Crippen molar-refractivity contribution in [1.29, 1.82) is 0 Å². The fraction of sp³-hybridized carbons (Fsp3) is 0.533. The summed E-state index contributed by atoms with van der Waals surface area (Å²) in [5.74, 6) is 0.108. The lowest BCUT2D eigenvalue weighted by atomic mass is 9.98. The SMILES string of the molecule is CCC(C)(C)N(C)C(=O)c1ccc2c(c1)CCN2. The first-order chi connectivity index (χ1) is 8.45. The third-order valence-electron chi connectivity index (χ3n) is 4.14. The fourth-order valence-corrected chi connectivity index (χ4v) is 2.14. The predicted molar refractivity (Wildman–Crippen MR) is 75.1 cm³/mol. The van der Waals surface area contributed by atoms with Gasteiger partial charge in [-0.05, 0) is 50.5 Å². The molecular formula is C15H22N2O. The standard InChI is InChI=1S/C15H22N2O/c1-5-15(2,3)17(4)14(18)12-6-7-13-11(10-12)8-9-16-13/h6-7,10,16H,5,8-9H2,1-4H3. The van der Waals surface area contributed by atoms with Crippen LogP contribution in [0, 0.1) is 0 Å². The second-order valence-electron chi connectivity index (χ2n) is 5.58. The van der Waals surface area contributed by atoms with Crippen molar-refractivity contribution in [2.24, 2.45) is 0 Å². The number of hydrogen-bond donors (Lipinski definition) is 1. The Kier molecular flexibility index (Phi) is 3.33. The van der Waals surface area contributed by atoms with Crippen LogP contribution in [0.1, 0.15) is 43.1 Å². The van der Waals surface area contributed by atoms with Gasteiger partial charge in [-0.3, -0.25) is 4.79 Å². The molecule has 3 heteroatoms. The van der Waals surface area contributed by atoms with Gasteiger partial charge >= 0.3 is 0 Å². The molecule has 0 bridgehead atoms. The molecule has 98 valence electrons. The third-order valence-corrected chi connectivity index (χ3v) is 4.14. The van der Waals surface area contributed by atoms with Crippen LogP contribution >= 0.6 is 0 Å². The van der Waals surface area contributed by atoms with Crippen LogP contribution in [0.2, 0.25) is 0 Å². The molecule has 0 spiro atoms. The van der Waals surface area contributed by atoms with Crippen LogP contribution in [-0.4, -0.2) is 29.9 Å². The molecule has 0 radical (unpaired) electrons. The lowest BCUT2D eigenvalue weighted by Gasteiger charge is -2.35. The van der Waals surface area contributed by atoms with Gasteiger partial charge in [-0.15, -0.1) is 0 Å². The van der Waals surface area contributed by atoms with Crippen LogP contribution in [0.4, 0.5) is 5.69 Å². The fourth-order valence-electron chi connectivity index (χ4n) is 2.14. The first kappa shape index (κ1) is 12.9. The zero-order chi connectivity index (χ0) is 13.3. The number of nitrogens with zero attached hydrogens (tertiary/aromatic N) is 1. The van der Waals surface area contributed by atoms with Crippen LogP contribution in [0.5, 0.6) is 0 Å². The molecule has 1 aromatic carbocycles. The topological polar surface area (TPSA) is 32.3 Å². The number of rotatable bonds is 3. The van der Waals surface area contributed by atoms with Gasteiger partial charge < -0.3 is 10.2 Å². The molecule has 18 heavy (non-hydrogen) atoms. The van der Waals surface area contributed by atoms with E-state index in [9.17, 15) is 4.79 Å². The van der Waals surface area contributed by atoms with Gasteiger partial charge in [0.1, 0.15) is 0 Å². The second kappa shape index (κ2) is 4.63. The summed E-state index contributed by atoms with van der Waals surface area (Å²) in [7, 11) is 1.89. The number of carbonyl (C=O) groups excluding carboxylic acids is 1. The van der Waals surface area contributed by atoms with Gasteiger partial charge in [0, 0.05) is 30.4 Å². The van der Waals surface area contributed by atoms with E-state index in [0.717, 1.165) is 24.9 Å². The van der Waals surface area contributed by atoms with Crippen molar-refractivity contribution in [3.05, 3.63) is 29.3 Å². The van der Waals surface area contributed by atoms with E-state index in [2.05, 4.69) is 26.1 Å². The maximum Gasteiger partial charge on any atom is 0.254 e. The largest absolute Gasteiger partial charge is 0.384 e. The highest BCUT2D eigenvalue weighted by Crippen LogP contribution is 2.25. The second-order valence-corrected chi connectivity index (χ2v) is 5.58. The van der Waals surface area contributed by atoms with Crippen molar-refractivity contribution in [3.63, 3.8) is 0 Å². The summed E-state index contributed by atoms with van der Waals surface area (Å²) in [5, 5.41) is 3.31. The number of benzene rings is 1. The molecule has 0 atom stereocenters. The molecule has 1 aliphatic heterocycles. The molecule has 0 aromatic heterocycles. The van der Waals surface area contributed by atoms with Crippen molar-refractivity contribution >= 4 is 11.6 Å². The van der Waals surface area contributed by atoms with E-state index in [1.807, 2.05) is 30.1 Å². The molecule has 3 nitrogen and oxygen atoms in total. The Bertz CT molecular complexity index is 466. The lowest BCUT2D eigenvalue weighted by Crippen LogP contribution is -2.44. The molecule has 0 unspecified atom stereocenters. The molecule has 1 aromatic rings. The van der Waals surface area contributed by atoms with Crippen molar-refractivity contribution in [2.75, 3.05) is 18.9 Å². The van der Waals surface area contributed by atoms with E-state index in [0.29, 0.717) is 0 Å². The highest BCUT2D eigenvalue weighted by molar-refractivity contribution is 5.95. The average Bonchev–Trinajstić information content (AvgIpc) is 2.84. The maximum atomic E-state index is 12.5.